The third-order valence-electron chi connectivity index (χ3n) is 3.58. The molecule has 80 valence electrons. The van der Waals surface area contributed by atoms with Crippen molar-refractivity contribution in [2.24, 2.45) is 5.92 Å². The van der Waals surface area contributed by atoms with Crippen LogP contribution in [0.2, 0.25) is 0 Å². The second kappa shape index (κ2) is 3.32. The molecular weight excluding hydrogens is 188 g/mol. The average molecular weight is 204 g/mol. The molecule has 0 N–H and O–H groups in total. The number of hydrogen-bond donors (Lipinski definition) is 0. The lowest BCUT2D eigenvalue weighted by Gasteiger charge is -2.08. The van der Waals surface area contributed by atoms with Crippen LogP contribution in [-0.2, 0) is 9.47 Å². The van der Waals surface area contributed by atoms with Gasteiger partial charge in [-0.1, -0.05) is 37.3 Å². The molecule has 0 bridgehead atoms. The summed E-state index contributed by atoms with van der Waals surface area (Å²) >= 11 is 0. The van der Waals surface area contributed by atoms with Crippen LogP contribution in [-0.4, -0.2) is 19.0 Å². The van der Waals surface area contributed by atoms with E-state index in [1.54, 1.807) is 0 Å². The van der Waals surface area contributed by atoms with Crippen LogP contribution in [0.5, 0.6) is 0 Å². The molecule has 3 rings (SSSR count). The summed E-state index contributed by atoms with van der Waals surface area (Å²) in [6.07, 6.45) is 1.12. The van der Waals surface area contributed by atoms with E-state index >= 15 is 0 Å². The first-order chi connectivity index (χ1) is 7.38. The summed E-state index contributed by atoms with van der Waals surface area (Å²) in [6, 6.07) is 10.6. The molecule has 2 fully saturated rings. The zero-order chi connectivity index (χ0) is 10.3. The Bertz CT molecular complexity index is 341. The normalized spacial score (nSPS) is 32.1. The van der Waals surface area contributed by atoms with Gasteiger partial charge in [-0.25, -0.2) is 0 Å². The Morgan fingerprint density at radius 1 is 1.20 bits per heavy atom. The second-order valence-electron chi connectivity index (χ2n) is 4.32. The molecule has 15 heavy (non-hydrogen) atoms. The van der Waals surface area contributed by atoms with Gasteiger partial charge < -0.3 is 9.47 Å². The molecule has 1 aliphatic carbocycles. The van der Waals surface area contributed by atoms with Crippen LogP contribution in [0, 0.1) is 5.92 Å². The summed E-state index contributed by atoms with van der Waals surface area (Å²) in [4.78, 5) is 0. The van der Waals surface area contributed by atoms with Gasteiger partial charge in [-0.3, -0.25) is 0 Å². The fourth-order valence-electron chi connectivity index (χ4n) is 2.89. The van der Waals surface area contributed by atoms with Crippen molar-refractivity contribution < 1.29 is 9.47 Å². The Hall–Kier alpha value is -0.860. The van der Waals surface area contributed by atoms with E-state index in [1.807, 2.05) is 0 Å². The molecule has 1 heterocycles. The maximum atomic E-state index is 5.80. The molecule has 2 heteroatoms. The first-order valence-corrected chi connectivity index (χ1v) is 5.71. The predicted molar refractivity (Wildman–Crippen MR) is 57.6 cm³/mol. The van der Waals surface area contributed by atoms with Crippen molar-refractivity contribution in [2.45, 2.75) is 25.0 Å². The monoisotopic (exact) mass is 204 g/mol. The molecule has 1 saturated carbocycles. The smallest absolute Gasteiger partial charge is 0.179 e. The van der Waals surface area contributed by atoms with E-state index in [9.17, 15) is 0 Å². The average Bonchev–Trinajstić information content (AvgIpc) is 2.64. The zero-order valence-electron chi connectivity index (χ0n) is 8.98. The van der Waals surface area contributed by atoms with Crippen molar-refractivity contribution in [3.8, 4) is 0 Å². The van der Waals surface area contributed by atoms with Gasteiger partial charge in [-0.15, -0.1) is 0 Å². The summed E-state index contributed by atoms with van der Waals surface area (Å²) in [5, 5.41) is 0. The Balaban J connectivity index is 1.89. The molecule has 0 radical (unpaired) electrons. The largest absolute Gasteiger partial charge is 0.347 e. The number of benzene rings is 1. The molecule has 2 nitrogen and oxygen atoms in total. The van der Waals surface area contributed by atoms with E-state index in [2.05, 4.69) is 37.3 Å². The molecule has 1 spiro atoms. The molecule has 2 unspecified atom stereocenters. The van der Waals surface area contributed by atoms with Crippen LogP contribution in [0.1, 0.15) is 24.8 Å². The highest BCUT2D eigenvalue weighted by atomic mass is 16.7. The van der Waals surface area contributed by atoms with E-state index < -0.39 is 0 Å². The molecule has 0 amide bonds. The number of ether oxygens (including phenoxy) is 2. The second-order valence-corrected chi connectivity index (χ2v) is 4.32. The fraction of sp³-hybridized carbons (Fsp3) is 0.538. The third kappa shape index (κ3) is 1.25. The summed E-state index contributed by atoms with van der Waals surface area (Å²) in [5.74, 6) is 0.726. The molecule has 2 aliphatic rings. The Morgan fingerprint density at radius 3 is 2.47 bits per heavy atom. The van der Waals surface area contributed by atoms with Crippen molar-refractivity contribution >= 4 is 0 Å². The van der Waals surface area contributed by atoms with Crippen LogP contribution < -0.4 is 0 Å². The summed E-state index contributed by atoms with van der Waals surface area (Å²) in [6.45, 7) is 3.71. The zero-order valence-corrected chi connectivity index (χ0v) is 8.98. The number of rotatable bonds is 2. The van der Waals surface area contributed by atoms with Crippen LogP contribution in [0.15, 0.2) is 30.3 Å². The van der Waals surface area contributed by atoms with Crippen molar-refractivity contribution in [1.29, 1.82) is 0 Å². The highest BCUT2D eigenvalue weighted by molar-refractivity contribution is 5.33. The molecule has 1 aromatic carbocycles. The number of hydrogen-bond acceptors (Lipinski definition) is 2. The van der Waals surface area contributed by atoms with Crippen molar-refractivity contribution in [3.63, 3.8) is 0 Å². The van der Waals surface area contributed by atoms with E-state index in [1.165, 1.54) is 5.56 Å². The van der Waals surface area contributed by atoms with Crippen LogP contribution in [0.25, 0.3) is 0 Å². The summed E-state index contributed by atoms with van der Waals surface area (Å²) in [5.41, 5.74) is 1.35. The summed E-state index contributed by atoms with van der Waals surface area (Å²) < 4.78 is 11.6. The standard InChI is InChI=1S/C13H16O2/c1-2-11-12(10-6-4-3-5-7-10)13(11)14-8-9-15-13/h3-7,11-12H,2,8-9H2,1H3. The highest BCUT2D eigenvalue weighted by Gasteiger charge is 2.68. The van der Waals surface area contributed by atoms with Crippen LogP contribution in [0.3, 0.4) is 0 Å². The lowest BCUT2D eigenvalue weighted by molar-refractivity contribution is -0.0865. The van der Waals surface area contributed by atoms with E-state index in [0.717, 1.165) is 19.6 Å². The molecule has 1 aromatic rings. The van der Waals surface area contributed by atoms with E-state index in [-0.39, 0.29) is 5.79 Å². The van der Waals surface area contributed by atoms with Gasteiger partial charge >= 0.3 is 0 Å². The maximum absolute atomic E-state index is 5.80. The molecule has 0 aromatic heterocycles. The third-order valence-corrected chi connectivity index (χ3v) is 3.58. The minimum atomic E-state index is -0.268. The SMILES string of the molecule is CCC1C(c2ccccc2)C12OCCO2. The minimum absolute atomic E-state index is 0.268. The Labute approximate surface area is 90.2 Å². The first-order valence-electron chi connectivity index (χ1n) is 5.71. The van der Waals surface area contributed by atoms with Gasteiger partial charge in [-0.2, -0.15) is 0 Å². The van der Waals surface area contributed by atoms with E-state index in [4.69, 9.17) is 9.47 Å². The van der Waals surface area contributed by atoms with Gasteiger partial charge in [0, 0.05) is 11.8 Å². The van der Waals surface area contributed by atoms with Gasteiger partial charge in [0.15, 0.2) is 5.79 Å². The van der Waals surface area contributed by atoms with Gasteiger partial charge in [0.25, 0.3) is 0 Å². The molecular formula is C13H16O2. The van der Waals surface area contributed by atoms with Crippen molar-refractivity contribution in [3.05, 3.63) is 35.9 Å². The van der Waals surface area contributed by atoms with Crippen molar-refractivity contribution in [2.75, 3.05) is 13.2 Å². The lowest BCUT2D eigenvalue weighted by atomic mass is 10.1. The summed E-state index contributed by atoms with van der Waals surface area (Å²) in [7, 11) is 0. The lowest BCUT2D eigenvalue weighted by Crippen LogP contribution is -2.13. The van der Waals surface area contributed by atoms with Gasteiger partial charge in [0.2, 0.25) is 0 Å². The highest BCUT2D eigenvalue weighted by Crippen LogP contribution is 2.63. The van der Waals surface area contributed by atoms with Crippen LogP contribution in [0.4, 0.5) is 0 Å². The molecule has 1 saturated heterocycles. The predicted octanol–water partition coefficient (Wildman–Crippen LogP) is 2.55. The van der Waals surface area contributed by atoms with Crippen molar-refractivity contribution in [1.82, 2.24) is 0 Å². The first kappa shape index (κ1) is 9.37. The fourth-order valence-corrected chi connectivity index (χ4v) is 2.89. The Morgan fingerprint density at radius 2 is 1.87 bits per heavy atom. The molecule has 2 atom stereocenters. The van der Waals surface area contributed by atoms with Gasteiger partial charge in [0.1, 0.15) is 0 Å². The van der Waals surface area contributed by atoms with Gasteiger partial charge in [-0.05, 0) is 12.0 Å². The van der Waals surface area contributed by atoms with Gasteiger partial charge in [0.05, 0.1) is 13.2 Å². The molecule has 1 aliphatic heterocycles. The minimum Gasteiger partial charge on any atom is -0.347 e. The maximum Gasteiger partial charge on any atom is 0.179 e. The topological polar surface area (TPSA) is 18.5 Å². The van der Waals surface area contributed by atoms with Crippen LogP contribution >= 0.6 is 0 Å². The quantitative estimate of drug-likeness (QED) is 0.737. The Kier molecular flexibility index (Phi) is 2.08. The van der Waals surface area contributed by atoms with E-state index in [0.29, 0.717) is 11.8 Å².